The zero-order valence-corrected chi connectivity index (χ0v) is 11.8. The van der Waals surface area contributed by atoms with Crippen LogP contribution in [0.1, 0.15) is 65.2 Å². The lowest BCUT2D eigenvalue weighted by atomic mass is 9.92. The van der Waals surface area contributed by atoms with E-state index < -0.39 is 0 Å². The number of hydrogen-bond acceptors (Lipinski definition) is 2. The largest absolute Gasteiger partial charge is 0.313 e. The lowest BCUT2D eigenvalue weighted by Crippen LogP contribution is -2.46. The van der Waals surface area contributed by atoms with E-state index in [0.29, 0.717) is 0 Å². The van der Waals surface area contributed by atoms with Gasteiger partial charge in [-0.05, 0) is 39.2 Å². The predicted molar refractivity (Wildman–Crippen MR) is 74.4 cm³/mol. The maximum Gasteiger partial charge on any atom is 0.0195 e. The van der Waals surface area contributed by atoms with E-state index >= 15 is 0 Å². The Morgan fingerprint density at radius 3 is 2.59 bits per heavy atom. The van der Waals surface area contributed by atoms with Crippen molar-refractivity contribution in [2.75, 3.05) is 13.1 Å². The van der Waals surface area contributed by atoms with Crippen molar-refractivity contribution in [3.63, 3.8) is 0 Å². The highest BCUT2D eigenvalue weighted by Crippen LogP contribution is 2.26. The Morgan fingerprint density at radius 2 is 1.88 bits per heavy atom. The lowest BCUT2D eigenvalue weighted by molar-refractivity contribution is 0.109. The Hall–Kier alpha value is -0.0800. The summed E-state index contributed by atoms with van der Waals surface area (Å²) < 4.78 is 0. The van der Waals surface area contributed by atoms with E-state index in [1.807, 2.05) is 0 Å². The summed E-state index contributed by atoms with van der Waals surface area (Å²) in [6.45, 7) is 7.25. The number of hydrogen-bond donors (Lipinski definition) is 1. The first-order valence-electron chi connectivity index (χ1n) is 7.80. The molecule has 1 saturated carbocycles. The third-order valence-corrected chi connectivity index (χ3v) is 4.67. The van der Waals surface area contributed by atoms with Gasteiger partial charge < -0.3 is 5.32 Å². The maximum absolute atomic E-state index is 3.74. The number of nitrogens with one attached hydrogen (secondary N) is 1. The van der Waals surface area contributed by atoms with Crippen molar-refractivity contribution in [3.05, 3.63) is 0 Å². The first-order valence-corrected chi connectivity index (χ1v) is 7.80. The van der Waals surface area contributed by atoms with E-state index in [1.54, 1.807) is 0 Å². The summed E-state index contributed by atoms with van der Waals surface area (Å²) in [7, 11) is 0. The van der Waals surface area contributed by atoms with E-state index in [1.165, 1.54) is 64.5 Å². The van der Waals surface area contributed by atoms with Crippen LogP contribution in [0, 0.1) is 0 Å². The van der Waals surface area contributed by atoms with Crippen molar-refractivity contribution in [2.45, 2.75) is 83.3 Å². The maximum atomic E-state index is 3.74. The van der Waals surface area contributed by atoms with Crippen molar-refractivity contribution in [3.8, 4) is 0 Å². The standard InChI is InChI=1S/C15H30N2/c1-3-7-14-12-17(13(2)10-11-16-14)15-8-5-4-6-9-15/h13-16H,3-12H2,1-2H3. The Bertz CT molecular complexity index is 211. The molecule has 1 saturated heterocycles. The van der Waals surface area contributed by atoms with Gasteiger partial charge >= 0.3 is 0 Å². The van der Waals surface area contributed by atoms with E-state index in [2.05, 4.69) is 24.1 Å². The van der Waals surface area contributed by atoms with Crippen LogP contribution < -0.4 is 5.32 Å². The fourth-order valence-corrected chi connectivity index (χ4v) is 3.62. The number of rotatable bonds is 3. The van der Waals surface area contributed by atoms with Crippen molar-refractivity contribution in [2.24, 2.45) is 0 Å². The van der Waals surface area contributed by atoms with Gasteiger partial charge in [0.25, 0.3) is 0 Å². The number of nitrogens with zero attached hydrogens (tertiary/aromatic N) is 1. The van der Waals surface area contributed by atoms with E-state index in [4.69, 9.17) is 0 Å². The molecule has 0 aromatic carbocycles. The fraction of sp³-hybridized carbons (Fsp3) is 1.00. The summed E-state index contributed by atoms with van der Waals surface area (Å²) in [4.78, 5) is 2.83. The zero-order chi connectivity index (χ0) is 12.1. The van der Waals surface area contributed by atoms with Crippen LogP contribution in [-0.2, 0) is 0 Å². The van der Waals surface area contributed by atoms with Gasteiger partial charge in [0.15, 0.2) is 0 Å². The summed E-state index contributed by atoms with van der Waals surface area (Å²) in [5, 5.41) is 3.74. The molecule has 0 aromatic heterocycles. The van der Waals surface area contributed by atoms with Crippen LogP contribution in [0.25, 0.3) is 0 Å². The highest BCUT2D eigenvalue weighted by molar-refractivity contribution is 4.86. The molecule has 2 nitrogen and oxygen atoms in total. The van der Waals surface area contributed by atoms with Crippen molar-refractivity contribution >= 4 is 0 Å². The monoisotopic (exact) mass is 238 g/mol. The summed E-state index contributed by atoms with van der Waals surface area (Å²) in [5.41, 5.74) is 0. The molecule has 2 aliphatic rings. The molecule has 0 radical (unpaired) electrons. The summed E-state index contributed by atoms with van der Waals surface area (Å²) >= 11 is 0. The minimum absolute atomic E-state index is 0.742. The van der Waals surface area contributed by atoms with Crippen molar-refractivity contribution in [1.29, 1.82) is 0 Å². The normalized spacial score (nSPS) is 33.5. The molecule has 2 rings (SSSR count). The molecule has 0 spiro atoms. The second-order valence-corrected chi connectivity index (χ2v) is 6.07. The van der Waals surface area contributed by atoms with Crippen molar-refractivity contribution < 1.29 is 0 Å². The van der Waals surface area contributed by atoms with Gasteiger partial charge in [0, 0.05) is 24.7 Å². The van der Waals surface area contributed by atoms with Gasteiger partial charge in [-0.25, -0.2) is 0 Å². The van der Waals surface area contributed by atoms with Gasteiger partial charge in [0.2, 0.25) is 0 Å². The predicted octanol–water partition coefficient (Wildman–Crippen LogP) is 3.17. The summed E-state index contributed by atoms with van der Waals surface area (Å²) in [5.74, 6) is 0. The molecule has 1 aliphatic carbocycles. The topological polar surface area (TPSA) is 15.3 Å². The van der Waals surface area contributed by atoms with Gasteiger partial charge in [-0.2, -0.15) is 0 Å². The van der Waals surface area contributed by atoms with Crippen LogP contribution in [0.15, 0.2) is 0 Å². The average molecular weight is 238 g/mol. The first-order chi connectivity index (χ1) is 8.31. The second-order valence-electron chi connectivity index (χ2n) is 6.07. The molecule has 0 bridgehead atoms. The fourth-order valence-electron chi connectivity index (χ4n) is 3.62. The summed E-state index contributed by atoms with van der Waals surface area (Å²) in [6, 6.07) is 2.41. The lowest BCUT2D eigenvalue weighted by Gasteiger charge is -2.38. The van der Waals surface area contributed by atoms with Gasteiger partial charge in [0.1, 0.15) is 0 Å². The zero-order valence-electron chi connectivity index (χ0n) is 11.8. The van der Waals surface area contributed by atoms with E-state index in [-0.39, 0.29) is 0 Å². The van der Waals surface area contributed by atoms with Crippen LogP contribution >= 0.6 is 0 Å². The second kappa shape index (κ2) is 6.75. The third-order valence-electron chi connectivity index (χ3n) is 4.67. The molecule has 100 valence electrons. The molecule has 1 N–H and O–H groups in total. The molecule has 1 heterocycles. The van der Waals surface area contributed by atoms with E-state index in [0.717, 1.165) is 18.1 Å². The van der Waals surface area contributed by atoms with Gasteiger partial charge in [0.05, 0.1) is 0 Å². The molecule has 17 heavy (non-hydrogen) atoms. The van der Waals surface area contributed by atoms with Gasteiger partial charge in [-0.3, -0.25) is 4.90 Å². The van der Waals surface area contributed by atoms with Crippen LogP contribution in [0.5, 0.6) is 0 Å². The minimum atomic E-state index is 0.742. The Kier molecular flexibility index (Phi) is 5.30. The van der Waals surface area contributed by atoms with Crippen LogP contribution in [0.4, 0.5) is 0 Å². The quantitative estimate of drug-likeness (QED) is 0.812. The van der Waals surface area contributed by atoms with Crippen molar-refractivity contribution in [1.82, 2.24) is 10.2 Å². The molecule has 1 aliphatic heterocycles. The highest BCUT2D eigenvalue weighted by atomic mass is 15.2. The Labute approximate surface area is 107 Å². The molecule has 0 amide bonds. The van der Waals surface area contributed by atoms with Crippen LogP contribution in [-0.4, -0.2) is 36.1 Å². The van der Waals surface area contributed by atoms with Gasteiger partial charge in [-0.1, -0.05) is 32.6 Å². The Morgan fingerprint density at radius 1 is 1.12 bits per heavy atom. The Balaban J connectivity index is 1.95. The van der Waals surface area contributed by atoms with Crippen LogP contribution in [0.3, 0.4) is 0 Å². The molecule has 2 heteroatoms. The first kappa shape index (κ1) is 13.4. The minimum Gasteiger partial charge on any atom is -0.313 e. The van der Waals surface area contributed by atoms with E-state index in [9.17, 15) is 0 Å². The third kappa shape index (κ3) is 3.69. The average Bonchev–Trinajstić information content (AvgIpc) is 2.53. The van der Waals surface area contributed by atoms with Gasteiger partial charge in [-0.15, -0.1) is 0 Å². The smallest absolute Gasteiger partial charge is 0.0195 e. The summed E-state index contributed by atoms with van der Waals surface area (Å²) in [6.07, 6.45) is 11.3. The highest BCUT2D eigenvalue weighted by Gasteiger charge is 2.29. The molecule has 2 fully saturated rings. The molecule has 2 atom stereocenters. The molecular weight excluding hydrogens is 208 g/mol. The molecular formula is C15H30N2. The SMILES string of the molecule is CCCC1CN(C2CCCCC2)C(C)CCN1. The molecule has 0 aromatic rings. The molecule has 2 unspecified atom stereocenters. The van der Waals surface area contributed by atoms with Crippen LogP contribution in [0.2, 0.25) is 0 Å².